The lowest BCUT2D eigenvalue weighted by Crippen LogP contribution is -2.49. The van der Waals surface area contributed by atoms with Crippen LogP contribution in [0.2, 0.25) is 0 Å². The van der Waals surface area contributed by atoms with Crippen LogP contribution in [0.15, 0.2) is 48.7 Å². The molecular weight excluding hydrogens is 630 g/mol. The minimum atomic E-state index is -5.08. The molecule has 0 aliphatic carbocycles. The topological polar surface area (TPSA) is 180 Å². The highest BCUT2D eigenvalue weighted by atomic mass is 19.4. The number of amides is 2. The van der Waals surface area contributed by atoms with E-state index in [2.05, 4.69) is 20.6 Å². The molecule has 0 saturated carbocycles. The molecule has 2 aromatic carbocycles. The molecule has 0 bridgehead atoms. The summed E-state index contributed by atoms with van der Waals surface area (Å²) in [7, 11) is 0. The van der Waals surface area contributed by atoms with Gasteiger partial charge in [0.05, 0.1) is 17.3 Å². The number of primary amides is 1. The van der Waals surface area contributed by atoms with E-state index in [-0.39, 0.29) is 11.9 Å². The Bertz CT molecular complexity index is 1510. The number of carbonyl (C=O) groups excluding carboxylic acids is 2. The summed E-state index contributed by atoms with van der Waals surface area (Å²) < 4.78 is 65.2. The molecular formula is C28H30F6N6O6. The second kappa shape index (κ2) is 15.0. The molecule has 0 unspecified atom stereocenters. The highest BCUT2D eigenvalue weighted by molar-refractivity contribution is 6.04. The third-order valence-electron chi connectivity index (χ3n) is 7.06. The first-order valence-electron chi connectivity index (χ1n) is 13.7. The van der Waals surface area contributed by atoms with E-state index in [0.717, 1.165) is 62.1 Å². The molecule has 1 aromatic heterocycles. The maximum absolute atomic E-state index is 13.0. The van der Waals surface area contributed by atoms with E-state index in [4.69, 9.17) is 25.5 Å². The third kappa shape index (κ3) is 9.64. The monoisotopic (exact) mass is 660 g/mol. The lowest BCUT2D eigenvalue weighted by molar-refractivity contribution is -0.193. The Morgan fingerprint density at radius 3 is 1.98 bits per heavy atom. The smallest absolute Gasteiger partial charge is 0.475 e. The zero-order chi connectivity index (χ0) is 34.2. The van der Waals surface area contributed by atoms with Crippen molar-refractivity contribution in [1.82, 2.24) is 20.0 Å². The first-order chi connectivity index (χ1) is 21.5. The van der Waals surface area contributed by atoms with Gasteiger partial charge in [0.2, 0.25) is 5.91 Å². The van der Waals surface area contributed by atoms with Crippen molar-refractivity contribution in [2.75, 3.05) is 25.0 Å². The molecule has 3 heterocycles. The number of halogens is 6. The molecule has 12 nitrogen and oxygen atoms in total. The number of nitrogens with zero attached hydrogens (tertiary/aromatic N) is 3. The molecule has 0 radical (unpaired) electrons. The van der Waals surface area contributed by atoms with Gasteiger partial charge in [-0.25, -0.2) is 14.3 Å². The maximum atomic E-state index is 13.0. The van der Waals surface area contributed by atoms with Gasteiger partial charge in [-0.2, -0.15) is 31.4 Å². The molecule has 250 valence electrons. The highest BCUT2D eigenvalue weighted by Gasteiger charge is 2.39. The van der Waals surface area contributed by atoms with Gasteiger partial charge in [0.15, 0.2) is 0 Å². The molecule has 6 N–H and O–H groups in total. The predicted octanol–water partition coefficient (Wildman–Crippen LogP) is 3.55. The molecule has 3 aromatic rings. The molecule has 2 aliphatic rings. The average molecular weight is 661 g/mol. The maximum Gasteiger partial charge on any atom is 0.490 e. The van der Waals surface area contributed by atoms with Crippen molar-refractivity contribution in [3.05, 3.63) is 54.2 Å². The van der Waals surface area contributed by atoms with Crippen LogP contribution in [0.5, 0.6) is 0 Å². The van der Waals surface area contributed by atoms with Gasteiger partial charge in [-0.1, -0.05) is 12.1 Å². The number of nitrogens with one attached hydrogen (secondary N) is 2. The summed E-state index contributed by atoms with van der Waals surface area (Å²) in [6, 6.07) is 13.4. The van der Waals surface area contributed by atoms with Gasteiger partial charge in [0, 0.05) is 23.3 Å². The number of hydrogen-bond acceptors (Lipinski definition) is 7. The Morgan fingerprint density at radius 2 is 1.46 bits per heavy atom. The zero-order valence-corrected chi connectivity index (χ0v) is 23.9. The van der Waals surface area contributed by atoms with Crippen molar-refractivity contribution in [2.45, 2.75) is 50.1 Å². The number of anilines is 1. The van der Waals surface area contributed by atoms with Gasteiger partial charge in [-0.15, -0.1) is 0 Å². The Kier molecular flexibility index (Phi) is 11.7. The number of rotatable bonds is 5. The molecule has 1 atom stereocenters. The van der Waals surface area contributed by atoms with Crippen molar-refractivity contribution in [3.8, 4) is 5.69 Å². The van der Waals surface area contributed by atoms with E-state index >= 15 is 0 Å². The highest BCUT2D eigenvalue weighted by Crippen LogP contribution is 2.26. The fraction of sp³-hybridized carbons (Fsp3) is 0.393. The second-order valence-corrected chi connectivity index (χ2v) is 10.2. The zero-order valence-electron chi connectivity index (χ0n) is 23.9. The minimum Gasteiger partial charge on any atom is -0.475 e. The Balaban J connectivity index is 0.000000345. The summed E-state index contributed by atoms with van der Waals surface area (Å²) in [6.07, 6.45) is -4.11. The van der Waals surface area contributed by atoms with E-state index in [1.807, 2.05) is 36.5 Å². The molecule has 5 rings (SSSR count). The summed E-state index contributed by atoms with van der Waals surface area (Å²) in [5.41, 5.74) is 8.06. The first kappa shape index (κ1) is 35.8. The number of nitrogens with two attached hydrogens (primary N) is 1. The standard InChI is InChI=1S/C24H28N6O2.2C2HF3O2/c25-23(31)20-4-1-3-16-15-30(28-22(16)20)19-8-6-17(7-9-19)27-24(32)21-5-2-14-29(21)18-10-12-26-13-11-18;2*3-2(4,5)1(6)7/h1,3-4,6-9,15,18,21,26H,2,5,10-14H2,(H2,25,31)(H,27,32);2*(H,6,7)/t21-;;/m0../s1. The fourth-order valence-corrected chi connectivity index (χ4v) is 4.95. The molecule has 2 saturated heterocycles. The molecule has 18 heteroatoms. The average Bonchev–Trinajstić information content (AvgIpc) is 3.65. The van der Waals surface area contributed by atoms with Crippen LogP contribution in [0.1, 0.15) is 36.0 Å². The van der Waals surface area contributed by atoms with Crippen LogP contribution < -0.4 is 16.4 Å². The number of carboxylic acids is 2. The normalized spacial score (nSPS) is 17.3. The van der Waals surface area contributed by atoms with Crippen LogP contribution in [-0.2, 0) is 14.4 Å². The van der Waals surface area contributed by atoms with Crippen LogP contribution in [-0.4, -0.2) is 92.7 Å². The molecule has 2 aliphatic heterocycles. The quantitative estimate of drug-likeness (QED) is 0.256. The molecule has 2 amide bonds. The van der Waals surface area contributed by atoms with Crippen LogP contribution >= 0.6 is 0 Å². The summed E-state index contributed by atoms with van der Waals surface area (Å²) in [4.78, 5) is 44.9. The predicted molar refractivity (Wildman–Crippen MR) is 151 cm³/mol. The van der Waals surface area contributed by atoms with Crippen LogP contribution in [0, 0.1) is 0 Å². The lowest BCUT2D eigenvalue weighted by Gasteiger charge is -2.35. The van der Waals surface area contributed by atoms with Crippen molar-refractivity contribution in [3.63, 3.8) is 0 Å². The second-order valence-electron chi connectivity index (χ2n) is 10.2. The van der Waals surface area contributed by atoms with E-state index in [9.17, 15) is 35.9 Å². The number of likely N-dealkylation sites (tertiary alicyclic amines) is 1. The van der Waals surface area contributed by atoms with E-state index in [1.165, 1.54) is 0 Å². The number of carbonyl (C=O) groups is 4. The van der Waals surface area contributed by atoms with Crippen LogP contribution in [0.4, 0.5) is 32.0 Å². The van der Waals surface area contributed by atoms with E-state index < -0.39 is 30.2 Å². The fourth-order valence-electron chi connectivity index (χ4n) is 4.95. The van der Waals surface area contributed by atoms with Crippen molar-refractivity contribution in [1.29, 1.82) is 0 Å². The van der Waals surface area contributed by atoms with Gasteiger partial charge < -0.3 is 26.6 Å². The van der Waals surface area contributed by atoms with E-state index in [0.29, 0.717) is 17.1 Å². The Morgan fingerprint density at radius 1 is 0.891 bits per heavy atom. The lowest BCUT2D eigenvalue weighted by atomic mass is 10.0. The third-order valence-corrected chi connectivity index (χ3v) is 7.06. The summed E-state index contributed by atoms with van der Waals surface area (Å²) in [5, 5.41) is 26.1. The first-order valence-corrected chi connectivity index (χ1v) is 13.7. The molecule has 2 fully saturated rings. The summed E-state index contributed by atoms with van der Waals surface area (Å²) in [5.74, 6) is -5.94. The summed E-state index contributed by atoms with van der Waals surface area (Å²) >= 11 is 0. The number of aromatic nitrogens is 2. The number of alkyl halides is 6. The van der Waals surface area contributed by atoms with Gasteiger partial charge in [0.25, 0.3) is 5.91 Å². The van der Waals surface area contributed by atoms with Gasteiger partial charge >= 0.3 is 24.3 Å². The SMILES string of the molecule is NC(=O)c1cccc2cn(-c3ccc(NC(=O)[C@@H]4CCCN4C4CCNCC4)cc3)nc12.O=C(O)C(F)(F)F.O=C(O)C(F)(F)F. The number of benzene rings is 2. The van der Waals surface area contributed by atoms with Gasteiger partial charge in [-0.3, -0.25) is 14.5 Å². The number of carboxylic acid groups (broad SMARTS) is 2. The van der Waals surface area contributed by atoms with Crippen LogP contribution in [0.3, 0.4) is 0 Å². The molecule has 0 spiro atoms. The van der Waals surface area contributed by atoms with Crippen molar-refractivity contribution in [2.24, 2.45) is 5.73 Å². The number of piperidine rings is 1. The largest absolute Gasteiger partial charge is 0.490 e. The van der Waals surface area contributed by atoms with Crippen molar-refractivity contribution >= 4 is 40.3 Å². The van der Waals surface area contributed by atoms with Crippen LogP contribution in [0.25, 0.3) is 16.6 Å². The Hall–Kier alpha value is -4.71. The van der Waals surface area contributed by atoms with Gasteiger partial charge in [-0.05, 0) is 75.6 Å². The number of hydrogen-bond donors (Lipinski definition) is 5. The molecule has 46 heavy (non-hydrogen) atoms. The number of aliphatic carboxylic acids is 2. The minimum absolute atomic E-state index is 0.0542. The number of fused-ring (bicyclic) bond motifs is 1. The van der Waals surface area contributed by atoms with Gasteiger partial charge in [0.1, 0.15) is 5.52 Å². The Labute approximate surface area is 257 Å². The van der Waals surface area contributed by atoms with Crippen molar-refractivity contribution < 1.29 is 55.7 Å². The van der Waals surface area contributed by atoms with E-state index in [1.54, 1.807) is 16.8 Å². The summed E-state index contributed by atoms with van der Waals surface area (Å²) in [6.45, 7) is 3.06.